The summed E-state index contributed by atoms with van der Waals surface area (Å²) in [6.45, 7) is 5.56. The second-order valence-electron chi connectivity index (χ2n) is 5.93. The molecule has 1 atom stereocenters. The molecule has 0 fully saturated rings. The number of amides is 1. The molecule has 0 saturated carbocycles. The number of anilines is 1. The molecule has 0 radical (unpaired) electrons. The van der Waals surface area contributed by atoms with Crippen molar-refractivity contribution in [1.82, 2.24) is 5.16 Å². The Hall–Kier alpha value is -3.09. The van der Waals surface area contributed by atoms with Gasteiger partial charge in [0.25, 0.3) is 5.91 Å². The minimum Gasteiger partial charge on any atom is -0.480 e. The molecule has 2 heterocycles. The lowest BCUT2D eigenvalue weighted by Crippen LogP contribution is -2.32. The van der Waals surface area contributed by atoms with E-state index in [0.717, 1.165) is 17.4 Å². The van der Waals surface area contributed by atoms with Gasteiger partial charge in [-0.15, -0.1) is 0 Å². The van der Waals surface area contributed by atoms with E-state index in [0.29, 0.717) is 29.3 Å². The van der Waals surface area contributed by atoms with Crippen molar-refractivity contribution < 1.29 is 18.5 Å². The molecule has 3 aromatic rings. The second kappa shape index (κ2) is 7.43. The molecule has 7 nitrogen and oxygen atoms in total. The van der Waals surface area contributed by atoms with Gasteiger partial charge in [0.1, 0.15) is 17.1 Å². The van der Waals surface area contributed by atoms with E-state index < -0.39 is 11.7 Å². The van der Waals surface area contributed by atoms with Gasteiger partial charge < -0.3 is 19.0 Å². The fourth-order valence-electron chi connectivity index (χ4n) is 2.69. The maximum absolute atomic E-state index is 12.4. The maximum atomic E-state index is 12.4. The molecule has 0 saturated heterocycles. The van der Waals surface area contributed by atoms with Crippen molar-refractivity contribution in [2.45, 2.75) is 39.7 Å². The van der Waals surface area contributed by atoms with Crippen LogP contribution in [0.1, 0.15) is 31.6 Å². The topological polar surface area (TPSA) is 94.6 Å². The Bertz CT molecular complexity index is 989. The Morgan fingerprint density at radius 2 is 2.08 bits per heavy atom. The summed E-state index contributed by atoms with van der Waals surface area (Å²) in [5.74, 6) is 1.06. The minimum atomic E-state index is -0.717. The predicted molar refractivity (Wildman–Crippen MR) is 96.4 cm³/mol. The highest BCUT2D eigenvalue weighted by molar-refractivity contribution is 5.93. The number of nitrogens with one attached hydrogen (secondary N) is 1. The number of aryl methyl sites for hydroxylation is 2. The predicted octanol–water partition coefficient (Wildman–Crippen LogP) is 3.45. The normalized spacial score (nSPS) is 12.1. The lowest BCUT2D eigenvalue weighted by Gasteiger charge is -2.16. The number of nitrogens with zero attached hydrogens (tertiary/aromatic N) is 1. The summed E-state index contributed by atoms with van der Waals surface area (Å²) in [6, 6.07) is 8.34. The quantitative estimate of drug-likeness (QED) is 0.680. The van der Waals surface area contributed by atoms with E-state index in [1.807, 2.05) is 19.9 Å². The summed E-state index contributed by atoms with van der Waals surface area (Å²) in [5, 5.41) is 7.25. The molecule has 26 heavy (non-hydrogen) atoms. The van der Waals surface area contributed by atoms with Crippen molar-refractivity contribution >= 4 is 22.7 Å². The van der Waals surface area contributed by atoms with Crippen molar-refractivity contribution in [1.29, 1.82) is 0 Å². The van der Waals surface area contributed by atoms with Gasteiger partial charge in [-0.05, 0) is 37.5 Å². The van der Waals surface area contributed by atoms with Gasteiger partial charge in [0, 0.05) is 23.6 Å². The highest BCUT2D eigenvalue weighted by Gasteiger charge is 2.20. The molecular weight excluding hydrogens is 336 g/mol. The van der Waals surface area contributed by atoms with Crippen LogP contribution in [0.25, 0.3) is 11.0 Å². The fourth-order valence-corrected chi connectivity index (χ4v) is 2.69. The lowest BCUT2D eigenvalue weighted by molar-refractivity contribution is -0.122. The van der Waals surface area contributed by atoms with E-state index in [1.165, 1.54) is 6.07 Å². The summed E-state index contributed by atoms with van der Waals surface area (Å²) < 4.78 is 16.0. The zero-order chi connectivity index (χ0) is 18.7. The molecule has 0 aliphatic carbocycles. The van der Waals surface area contributed by atoms with Crippen LogP contribution in [0.3, 0.4) is 0 Å². The Labute approximate surface area is 149 Å². The summed E-state index contributed by atoms with van der Waals surface area (Å²) in [4.78, 5) is 24.1. The first-order chi connectivity index (χ1) is 12.5. The van der Waals surface area contributed by atoms with Gasteiger partial charge in [0.2, 0.25) is 0 Å². The first kappa shape index (κ1) is 17.7. The summed E-state index contributed by atoms with van der Waals surface area (Å²) >= 11 is 0. The smallest absolute Gasteiger partial charge is 0.336 e. The number of carbonyl (C=O) groups excluding carboxylic acids is 1. The third kappa shape index (κ3) is 3.77. The molecule has 0 aliphatic rings. The number of benzene rings is 1. The van der Waals surface area contributed by atoms with Crippen molar-refractivity contribution in [2.75, 3.05) is 5.32 Å². The molecule has 1 aromatic carbocycles. The molecule has 0 spiro atoms. The van der Waals surface area contributed by atoms with Gasteiger partial charge in [0.05, 0.1) is 0 Å². The van der Waals surface area contributed by atoms with E-state index >= 15 is 0 Å². The Kier molecular flexibility index (Phi) is 5.06. The van der Waals surface area contributed by atoms with Crippen LogP contribution in [0.4, 0.5) is 5.82 Å². The molecule has 0 aliphatic heterocycles. The van der Waals surface area contributed by atoms with Crippen LogP contribution in [0.5, 0.6) is 5.75 Å². The molecule has 7 heteroatoms. The number of carbonyl (C=O) groups is 1. The third-order valence-electron chi connectivity index (χ3n) is 4.00. The first-order valence-electron chi connectivity index (χ1n) is 8.47. The minimum absolute atomic E-state index is 0.329. The van der Waals surface area contributed by atoms with E-state index in [-0.39, 0.29) is 5.91 Å². The van der Waals surface area contributed by atoms with Crippen LogP contribution in [0.2, 0.25) is 0 Å². The van der Waals surface area contributed by atoms with Crippen LogP contribution in [0.15, 0.2) is 44.1 Å². The lowest BCUT2D eigenvalue weighted by atomic mass is 10.1. The Balaban J connectivity index is 1.81. The highest BCUT2D eigenvalue weighted by Crippen LogP contribution is 2.24. The summed E-state index contributed by atoms with van der Waals surface area (Å²) in [7, 11) is 0. The van der Waals surface area contributed by atoms with Gasteiger partial charge in [-0.25, -0.2) is 4.79 Å². The first-order valence-corrected chi connectivity index (χ1v) is 8.47. The number of hydrogen-bond donors (Lipinski definition) is 1. The van der Waals surface area contributed by atoms with Crippen LogP contribution >= 0.6 is 0 Å². The SMILES string of the molecule is CCc1cc(=O)oc2cc(OC(CC)C(=O)Nc3cc(C)on3)ccc12. The van der Waals surface area contributed by atoms with Crippen LogP contribution in [-0.2, 0) is 11.2 Å². The molecule has 1 N–H and O–H groups in total. The molecular formula is C19H20N2O5. The van der Waals surface area contributed by atoms with Crippen molar-refractivity contribution in [3.63, 3.8) is 0 Å². The zero-order valence-electron chi connectivity index (χ0n) is 14.9. The van der Waals surface area contributed by atoms with Gasteiger partial charge >= 0.3 is 5.63 Å². The molecule has 3 rings (SSSR count). The van der Waals surface area contributed by atoms with Gasteiger partial charge in [-0.2, -0.15) is 0 Å². The Morgan fingerprint density at radius 3 is 2.73 bits per heavy atom. The Morgan fingerprint density at radius 1 is 1.27 bits per heavy atom. The molecule has 2 aromatic heterocycles. The average Bonchev–Trinajstić information content (AvgIpc) is 3.03. The monoisotopic (exact) mass is 356 g/mol. The summed E-state index contributed by atoms with van der Waals surface area (Å²) in [6.07, 6.45) is 0.463. The molecule has 1 amide bonds. The number of fused-ring (bicyclic) bond motifs is 1. The molecule has 136 valence electrons. The van der Waals surface area contributed by atoms with Gasteiger partial charge in [-0.1, -0.05) is 19.0 Å². The van der Waals surface area contributed by atoms with E-state index in [1.54, 1.807) is 25.1 Å². The van der Waals surface area contributed by atoms with E-state index in [2.05, 4.69) is 10.5 Å². The van der Waals surface area contributed by atoms with Crippen molar-refractivity contribution in [3.05, 3.63) is 52.1 Å². The zero-order valence-corrected chi connectivity index (χ0v) is 14.9. The van der Waals surface area contributed by atoms with E-state index in [9.17, 15) is 9.59 Å². The maximum Gasteiger partial charge on any atom is 0.336 e. The second-order valence-corrected chi connectivity index (χ2v) is 5.93. The van der Waals surface area contributed by atoms with Gasteiger partial charge in [0.15, 0.2) is 11.9 Å². The van der Waals surface area contributed by atoms with Crippen LogP contribution in [-0.4, -0.2) is 17.2 Å². The standard InChI is InChI=1S/C19H20N2O5/c1-4-12-9-18(22)25-16-10-13(6-7-14(12)16)24-15(5-2)19(23)20-17-8-11(3)26-21-17/h6-10,15H,4-5H2,1-3H3,(H,20,21,23). The van der Waals surface area contributed by atoms with E-state index in [4.69, 9.17) is 13.7 Å². The van der Waals surface area contributed by atoms with Crippen LogP contribution in [0, 0.1) is 6.92 Å². The van der Waals surface area contributed by atoms with Gasteiger partial charge in [-0.3, -0.25) is 4.79 Å². The van der Waals surface area contributed by atoms with Crippen molar-refractivity contribution in [3.8, 4) is 5.75 Å². The highest BCUT2D eigenvalue weighted by atomic mass is 16.5. The largest absolute Gasteiger partial charge is 0.480 e. The number of rotatable bonds is 6. The number of aromatic nitrogens is 1. The third-order valence-corrected chi connectivity index (χ3v) is 4.00. The fraction of sp³-hybridized carbons (Fsp3) is 0.316. The molecule has 1 unspecified atom stereocenters. The number of hydrogen-bond acceptors (Lipinski definition) is 6. The van der Waals surface area contributed by atoms with Crippen molar-refractivity contribution in [2.24, 2.45) is 0 Å². The van der Waals surface area contributed by atoms with Crippen LogP contribution < -0.4 is 15.7 Å². The number of ether oxygens (including phenoxy) is 1. The summed E-state index contributed by atoms with van der Waals surface area (Å²) in [5.41, 5.74) is 0.945. The average molecular weight is 356 g/mol. The molecule has 0 bridgehead atoms.